The molecule has 0 heterocycles. The first kappa shape index (κ1) is 14.2. The van der Waals surface area contributed by atoms with Gasteiger partial charge in [-0.1, -0.05) is 12.1 Å². The lowest BCUT2D eigenvalue weighted by Gasteiger charge is -2.34. The molecule has 0 spiro atoms. The average molecular weight is 251 g/mol. The summed E-state index contributed by atoms with van der Waals surface area (Å²) in [4.78, 5) is 24.6. The molecule has 0 bridgehead atoms. The van der Waals surface area contributed by atoms with Crippen LogP contribution in [0.15, 0.2) is 24.3 Å². The second-order valence-electron chi connectivity index (χ2n) is 4.69. The van der Waals surface area contributed by atoms with Crippen LogP contribution in [0.5, 0.6) is 0 Å². The maximum absolute atomic E-state index is 12.2. The molecule has 18 heavy (non-hydrogen) atoms. The van der Waals surface area contributed by atoms with Crippen molar-refractivity contribution in [3.05, 3.63) is 35.4 Å². The number of carbonyl (C=O) groups is 2. The molecule has 0 fully saturated rings. The van der Waals surface area contributed by atoms with Gasteiger partial charge in [-0.3, -0.25) is 4.79 Å². The Hall–Kier alpha value is -1.88. The van der Waals surface area contributed by atoms with Crippen LogP contribution in [0.25, 0.3) is 0 Å². The van der Waals surface area contributed by atoms with Crippen LogP contribution in [0, 0.1) is 0 Å². The third-order valence-electron chi connectivity index (χ3n) is 2.99. The molecule has 1 rings (SSSR count). The predicted molar refractivity (Wildman–Crippen MR) is 66.7 cm³/mol. The largest absolute Gasteiger partial charge is 0.478 e. The van der Waals surface area contributed by atoms with Gasteiger partial charge in [-0.2, -0.15) is 0 Å². The molecule has 0 radical (unpaired) electrons. The van der Waals surface area contributed by atoms with Gasteiger partial charge in [0.1, 0.15) is 0 Å². The molecule has 0 saturated heterocycles. The number of rotatable bonds is 4. The number of carbonyl (C=O) groups excluding carboxylic acids is 1. The van der Waals surface area contributed by atoms with Crippen molar-refractivity contribution in [3.63, 3.8) is 0 Å². The molecule has 0 saturated carbocycles. The van der Waals surface area contributed by atoms with Crippen molar-refractivity contribution in [2.24, 2.45) is 0 Å². The van der Waals surface area contributed by atoms with Gasteiger partial charge in [-0.15, -0.1) is 0 Å². The van der Waals surface area contributed by atoms with Crippen LogP contribution in [-0.4, -0.2) is 46.2 Å². The Labute approximate surface area is 106 Å². The molecule has 5 heteroatoms. The molecule has 2 N–H and O–H groups in total. The summed E-state index contributed by atoms with van der Waals surface area (Å²) in [5.41, 5.74) is -0.667. The van der Waals surface area contributed by atoms with E-state index in [9.17, 15) is 14.7 Å². The van der Waals surface area contributed by atoms with Gasteiger partial charge >= 0.3 is 5.97 Å². The third-order valence-corrected chi connectivity index (χ3v) is 2.99. The first-order valence-electron chi connectivity index (χ1n) is 5.52. The first-order chi connectivity index (χ1) is 8.31. The van der Waals surface area contributed by atoms with Gasteiger partial charge in [0.05, 0.1) is 23.3 Å². The van der Waals surface area contributed by atoms with Gasteiger partial charge < -0.3 is 15.1 Å². The summed E-state index contributed by atoms with van der Waals surface area (Å²) in [5, 5.41) is 18.3. The van der Waals surface area contributed by atoms with Crippen LogP contribution in [0.3, 0.4) is 0 Å². The zero-order valence-corrected chi connectivity index (χ0v) is 10.7. The minimum absolute atomic E-state index is 0.0388. The van der Waals surface area contributed by atoms with Crippen LogP contribution in [-0.2, 0) is 0 Å². The Kier molecular flexibility index (Phi) is 4.08. The minimum Gasteiger partial charge on any atom is -0.478 e. The lowest BCUT2D eigenvalue weighted by molar-refractivity contribution is 0.0466. The van der Waals surface area contributed by atoms with Crippen molar-refractivity contribution < 1.29 is 19.8 Å². The Bertz CT molecular complexity index is 468. The zero-order chi connectivity index (χ0) is 13.9. The molecule has 1 aromatic rings. The van der Waals surface area contributed by atoms with Crippen molar-refractivity contribution in [1.29, 1.82) is 0 Å². The Balaban J connectivity index is 3.16. The van der Waals surface area contributed by atoms with Crippen molar-refractivity contribution in [2.45, 2.75) is 19.4 Å². The highest BCUT2D eigenvalue weighted by Gasteiger charge is 2.29. The fourth-order valence-electron chi connectivity index (χ4n) is 1.42. The van der Waals surface area contributed by atoms with E-state index in [0.29, 0.717) is 0 Å². The van der Waals surface area contributed by atoms with Crippen LogP contribution in [0.4, 0.5) is 0 Å². The third kappa shape index (κ3) is 2.68. The maximum Gasteiger partial charge on any atom is 0.336 e. The van der Waals surface area contributed by atoms with Gasteiger partial charge in [0.2, 0.25) is 0 Å². The number of aliphatic hydroxyl groups excluding tert-OH is 1. The normalized spacial score (nSPS) is 11.1. The van der Waals surface area contributed by atoms with E-state index in [1.54, 1.807) is 26.0 Å². The molecule has 0 aliphatic rings. The van der Waals surface area contributed by atoms with Gasteiger partial charge in [0.25, 0.3) is 5.91 Å². The topological polar surface area (TPSA) is 77.8 Å². The van der Waals surface area contributed by atoms with E-state index in [1.165, 1.54) is 24.1 Å². The Morgan fingerprint density at radius 3 is 2.17 bits per heavy atom. The average Bonchev–Trinajstić information content (AvgIpc) is 2.36. The van der Waals surface area contributed by atoms with E-state index in [1.807, 2.05) is 0 Å². The molecule has 1 amide bonds. The molecule has 5 nitrogen and oxygen atoms in total. The molecular weight excluding hydrogens is 234 g/mol. The number of carboxylic acid groups (broad SMARTS) is 1. The van der Waals surface area contributed by atoms with E-state index in [0.717, 1.165) is 0 Å². The Morgan fingerprint density at radius 2 is 1.72 bits per heavy atom. The molecule has 98 valence electrons. The number of hydrogen-bond acceptors (Lipinski definition) is 3. The van der Waals surface area contributed by atoms with Crippen molar-refractivity contribution in [2.75, 3.05) is 13.7 Å². The Morgan fingerprint density at radius 1 is 1.22 bits per heavy atom. The van der Waals surface area contributed by atoms with Crippen LogP contribution in [0.1, 0.15) is 34.6 Å². The molecular formula is C13H17NO4. The van der Waals surface area contributed by atoms with Crippen molar-refractivity contribution >= 4 is 11.9 Å². The highest BCUT2D eigenvalue weighted by Crippen LogP contribution is 2.18. The molecule has 0 unspecified atom stereocenters. The number of hydrogen-bond donors (Lipinski definition) is 2. The molecule has 0 aliphatic heterocycles. The van der Waals surface area contributed by atoms with Gasteiger partial charge in [-0.25, -0.2) is 4.79 Å². The second kappa shape index (κ2) is 5.18. The number of aliphatic hydroxyl groups is 1. The van der Waals surface area contributed by atoms with Crippen LogP contribution >= 0.6 is 0 Å². The van der Waals surface area contributed by atoms with E-state index < -0.39 is 17.4 Å². The van der Waals surface area contributed by atoms with Gasteiger partial charge in [-0.05, 0) is 26.0 Å². The van der Waals surface area contributed by atoms with E-state index in [-0.39, 0.29) is 17.7 Å². The van der Waals surface area contributed by atoms with E-state index >= 15 is 0 Å². The molecule has 1 aromatic carbocycles. The summed E-state index contributed by atoms with van der Waals surface area (Å²) in [7, 11) is 1.54. The van der Waals surface area contributed by atoms with Gasteiger partial charge in [0.15, 0.2) is 0 Å². The second-order valence-corrected chi connectivity index (χ2v) is 4.69. The smallest absolute Gasteiger partial charge is 0.336 e. The molecule has 0 atom stereocenters. The number of benzene rings is 1. The van der Waals surface area contributed by atoms with Crippen LogP contribution in [0.2, 0.25) is 0 Å². The molecule has 0 aliphatic carbocycles. The summed E-state index contributed by atoms with van der Waals surface area (Å²) in [5.74, 6) is -1.57. The predicted octanol–water partition coefficient (Wildman–Crippen LogP) is 1.23. The lowest BCUT2D eigenvalue weighted by Crippen LogP contribution is -2.48. The van der Waals surface area contributed by atoms with Crippen LogP contribution < -0.4 is 0 Å². The number of nitrogens with zero attached hydrogens (tertiary/aromatic N) is 1. The highest BCUT2D eigenvalue weighted by molar-refractivity contribution is 6.04. The minimum atomic E-state index is -1.14. The highest BCUT2D eigenvalue weighted by atomic mass is 16.4. The van der Waals surface area contributed by atoms with E-state index in [4.69, 9.17) is 5.11 Å². The fraction of sp³-hybridized carbons (Fsp3) is 0.385. The van der Waals surface area contributed by atoms with Crippen molar-refractivity contribution in [3.8, 4) is 0 Å². The summed E-state index contributed by atoms with van der Waals surface area (Å²) >= 11 is 0. The molecule has 0 aromatic heterocycles. The number of likely N-dealkylation sites (N-methyl/N-ethyl adjacent to an activating group) is 1. The number of aromatic carboxylic acids is 1. The fourth-order valence-corrected chi connectivity index (χ4v) is 1.42. The maximum atomic E-state index is 12.2. The summed E-state index contributed by atoms with van der Waals surface area (Å²) < 4.78 is 0. The van der Waals surface area contributed by atoms with Gasteiger partial charge in [0, 0.05) is 7.05 Å². The van der Waals surface area contributed by atoms with E-state index in [2.05, 4.69) is 0 Å². The first-order valence-corrected chi connectivity index (χ1v) is 5.52. The monoisotopic (exact) mass is 251 g/mol. The summed E-state index contributed by atoms with van der Waals surface area (Å²) in [6.07, 6.45) is 0. The quantitative estimate of drug-likeness (QED) is 0.843. The number of carboxylic acids is 1. The summed E-state index contributed by atoms with van der Waals surface area (Å²) in [6.45, 7) is 3.20. The zero-order valence-electron chi connectivity index (χ0n) is 10.7. The summed E-state index contributed by atoms with van der Waals surface area (Å²) in [6, 6.07) is 6.03. The SMILES string of the molecule is CN(C(=O)c1ccccc1C(=O)O)C(C)(C)CO. The van der Waals surface area contributed by atoms with Crippen molar-refractivity contribution in [1.82, 2.24) is 4.90 Å². The number of amides is 1. The standard InChI is InChI=1S/C13H17NO4/c1-13(2,8-15)14(3)11(16)9-6-4-5-7-10(9)12(17)18/h4-7,15H,8H2,1-3H3,(H,17,18). The lowest BCUT2D eigenvalue weighted by atomic mass is 10.0.